The number of esters is 1. The number of carbonyl (C=O) groups is 2. The Balaban J connectivity index is 1.76. The molecule has 4 nitrogen and oxygen atoms in total. The third-order valence-corrected chi connectivity index (χ3v) is 4.50. The number of carbonyl (C=O) groups excluding carboxylic acids is 2. The molecule has 0 spiro atoms. The summed E-state index contributed by atoms with van der Waals surface area (Å²) in [6.07, 6.45) is -0.0880. The molecule has 1 amide bonds. The number of amides is 1. The fourth-order valence-corrected chi connectivity index (χ4v) is 3.21. The van der Waals surface area contributed by atoms with Crippen LogP contribution in [0.2, 0.25) is 5.02 Å². The van der Waals surface area contributed by atoms with Crippen LogP contribution < -0.4 is 4.90 Å². The lowest BCUT2D eigenvalue weighted by Gasteiger charge is -2.26. The second-order valence-corrected chi connectivity index (χ2v) is 6.32. The minimum atomic E-state index is -0.887. The number of hydrogen-bond donors (Lipinski definition) is 0. The molecule has 0 saturated carbocycles. The molecule has 0 saturated heterocycles. The quantitative estimate of drug-likeness (QED) is 0.795. The molecule has 2 aromatic rings. The highest BCUT2D eigenvalue weighted by molar-refractivity contribution is 6.33. The van der Waals surface area contributed by atoms with Gasteiger partial charge < -0.3 is 9.64 Å². The molecule has 0 radical (unpaired) electrons. The molecular formula is C19H18ClNO3. The predicted molar refractivity (Wildman–Crippen MR) is 93.4 cm³/mol. The van der Waals surface area contributed by atoms with Gasteiger partial charge in [-0.05, 0) is 44.0 Å². The van der Waals surface area contributed by atoms with Crippen LogP contribution in [0.5, 0.6) is 0 Å². The molecule has 124 valence electrons. The van der Waals surface area contributed by atoms with Crippen molar-refractivity contribution in [2.24, 2.45) is 0 Å². The van der Waals surface area contributed by atoms with Crippen LogP contribution in [-0.4, -0.2) is 24.0 Å². The number of fused-ring (bicyclic) bond motifs is 1. The van der Waals surface area contributed by atoms with Crippen molar-refractivity contribution in [3.63, 3.8) is 0 Å². The van der Waals surface area contributed by atoms with Crippen molar-refractivity contribution < 1.29 is 14.3 Å². The van der Waals surface area contributed by atoms with Crippen LogP contribution in [-0.2, 0) is 16.0 Å². The van der Waals surface area contributed by atoms with Crippen molar-refractivity contribution in [1.82, 2.24) is 0 Å². The Hall–Kier alpha value is -2.33. The van der Waals surface area contributed by atoms with Crippen molar-refractivity contribution in [2.45, 2.75) is 32.4 Å². The van der Waals surface area contributed by atoms with E-state index in [0.717, 1.165) is 17.7 Å². The van der Waals surface area contributed by atoms with Gasteiger partial charge in [0.05, 0.1) is 10.6 Å². The zero-order valence-corrected chi connectivity index (χ0v) is 14.3. The lowest BCUT2D eigenvalue weighted by molar-refractivity contribution is -0.126. The normalized spacial score (nSPS) is 17.3. The van der Waals surface area contributed by atoms with E-state index in [0.29, 0.717) is 5.02 Å². The second-order valence-electron chi connectivity index (χ2n) is 5.92. The molecule has 24 heavy (non-hydrogen) atoms. The van der Waals surface area contributed by atoms with Gasteiger partial charge in [0.25, 0.3) is 5.91 Å². The largest absolute Gasteiger partial charge is 0.449 e. The van der Waals surface area contributed by atoms with Crippen molar-refractivity contribution in [1.29, 1.82) is 0 Å². The zero-order valence-electron chi connectivity index (χ0n) is 13.5. The Bertz CT molecular complexity index is 790. The number of benzene rings is 2. The van der Waals surface area contributed by atoms with Crippen LogP contribution in [0.3, 0.4) is 0 Å². The Kier molecular flexibility index (Phi) is 4.58. The Labute approximate surface area is 146 Å². The third-order valence-electron chi connectivity index (χ3n) is 4.17. The summed E-state index contributed by atoms with van der Waals surface area (Å²) in [5.41, 5.74) is 2.27. The summed E-state index contributed by atoms with van der Waals surface area (Å²) in [6, 6.07) is 14.5. The van der Waals surface area contributed by atoms with Gasteiger partial charge in [-0.15, -0.1) is 0 Å². The van der Waals surface area contributed by atoms with E-state index in [1.807, 2.05) is 31.2 Å². The first kappa shape index (κ1) is 16.5. The first-order valence-corrected chi connectivity index (χ1v) is 8.23. The molecule has 0 bridgehead atoms. The highest BCUT2D eigenvalue weighted by Gasteiger charge is 2.34. The minimum Gasteiger partial charge on any atom is -0.449 e. The van der Waals surface area contributed by atoms with E-state index in [2.05, 4.69) is 0 Å². The van der Waals surface area contributed by atoms with E-state index in [1.165, 1.54) is 0 Å². The summed E-state index contributed by atoms with van der Waals surface area (Å²) in [5.74, 6) is -0.825. The SMILES string of the molecule is C[C@H](OC(=O)c1ccccc1Cl)C(=O)N1c2ccccc2C[C@@H]1C. The number of rotatable bonds is 3. The smallest absolute Gasteiger partial charge is 0.340 e. The van der Waals surface area contributed by atoms with E-state index in [1.54, 1.807) is 36.1 Å². The van der Waals surface area contributed by atoms with Gasteiger partial charge in [0.1, 0.15) is 0 Å². The van der Waals surface area contributed by atoms with Crippen LogP contribution in [0.1, 0.15) is 29.8 Å². The molecule has 5 heteroatoms. The van der Waals surface area contributed by atoms with Crippen LogP contribution in [0.4, 0.5) is 5.69 Å². The van der Waals surface area contributed by atoms with Gasteiger partial charge in [-0.3, -0.25) is 4.79 Å². The van der Waals surface area contributed by atoms with E-state index >= 15 is 0 Å². The summed E-state index contributed by atoms with van der Waals surface area (Å²) < 4.78 is 5.34. The van der Waals surface area contributed by atoms with Gasteiger partial charge in [-0.1, -0.05) is 41.9 Å². The van der Waals surface area contributed by atoms with E-state index in [-0.39, 0.29) is 17.5 Å². The fourth-order valence-electron chi connectivity index (χ4n) is 3.00. The lowest BCUT2D eigenvalue weighted by atomic mass is 10.1. The molecule has 0 unspecified atom stereocenters. The number of anilines is 1. The standard InChI is InChI=1S/C19H18ClNO3/c1-12-11-14-7-3-6-10-17(14)21(12)18(22)13(2)24-19(23)15-8-4-5-9-16(15)20/h3-10,12-13H,11H2,1-2H3/t12-,13-/m0/s1. The Morgan fingerprint density at radius 2 is 1.83 bits per heavy atom. The summed E-state index contributed by atoms with van der Waals surface area (Å²) in [5, 5.41) is 0.307. The van der Waals surface area contributed by atoms with Gasteiger partial charge in [0.15, 0.2) is 6.10 Å². The Morgan fingerprint density at radius 1 is 1.17 bits per heavy atom. The number of halogens is 1. The minimum absolute atomic E-state index is 0.0383. The summed E-state index contributed by atoms with van der Waals surface area (Å²) >= 11 is 6.00. The molecule has 0 aliphatic carbocycles. The first-order chi connectivity index (χ1) is 11.5. The maximum Gasteiger partial charge on any atom is 0.340 e. The maximum absolute atomic E-state index is 12.8. The van der Waals surface area contributed by atoms with Gasteiger partial charge >= 0.3 is 5.97 Å². The van der Waals surface area contributed by atoms with Crippen molar-refractivity contribution >= 4 is 29.2 Å². The lowest BCUT2D eigenvalue weighted by Crippen LogP contribution is -2.43. The molecule has 1 aliphatic heterocycles. The maximum atomic E-state index is 12.8. The van der Waals surface area contributed by atoms with Gasteiger partial charge in [0.2, 0.25) is 0 Å². The van der Waals surface area contributed by atoms with Gasteiger partial charge in [-0.25, -0.2) is 4.79 Å². The molecule has 3 rings (SSSR count). The summed E-state index contributed by atoms with van der Waals surface area (Å²) in [7, 11) is 0. The molecule has 0 N–H and O–H groups in total. The average Bonchev–Trinajstić information content (AvgIpc) is 2.90. The molecule has 2 aromatic carbocycles. The topological polar surface area (TPSA) is 46.6 Å². The molecule has 1 aliphatic rings. The molecule has 1 heterocycles. The van der Waals surface area contributed by atoms with Gasteiger partial charge in [0, 0.05) is 11.7 Å². The average molecular weight is 344 g/mol. The number of para-hydroxylation sites is 1. The van der Waals surface area contributed by atoms with E-state index in [9.17, 15) is 9.59 Å². The van der Waals surface area contributed by atoms with Crippen LogP contribution in [0.25, 0.3) is 0 Å². The highest BCUT2D eigenvalue weighted by atomic mass is 35.5. The zero-order chi connectivity index (χ0) is 17.3. The van der Waals surface area contributed by atoms with Crippen molar-refractivity contribution in [3.8, 4) is 0 Å². The molecule has 0 aromatic heterocycles. The number of nitrogens with zero attached hydrogens (tertiary/aromatic N) is 1. The van der Waals surface area contributed by atoms with E-state index < -0.39 is 12.1 Å². The molecular weight excluding hydrogens is 326 g/mol. The van der Waals surface area contributed by atoms with Crippen molar-refractivity contribution in [2.75, 3.05) is 4.90 Å². The highest BCUT2D eigenvalue weighted by Crippen LogP contribution is 2.32. The van der Waals surface area contributed by atoms with Crippen molar-refractivity contribution in [3.05, 3.63) is 64.7 Å². The summed E-state index contributed by atoms with van der Waals surface area (Å²) in [4.78, 5) is 26.7. The Morgan fingerprint density at radius 3 is 2.58 bits per heavy atom. The number of ether oxygens (including phenoxy) is 1. The van der Waals surface area contributed by atoms with Crippen LogP contribution in [0.15, 0.2) is 48.5 Å². The number of hydrogen-bond acceptors (Lipinski definition) is 3. The molecule has 2 atom stereocenters. The van der Waals surface area contributed by atoms with Gasteiger partial charge in [-0.2, -0.15) is 0 Å². The van der Waals surface area contributed by atoms with Crippen LogP contribution >= 0.6 is 11.6 Å². The van der Waals surface area contributed by atoms with Crippen LogP contribution in [0, 0.1) is 0 Å². The first-order valence-electron chi connectivity index (χ1n) is 7.85. The van der Waals surface area contributed by atoms with E-state index in [4.69, 9.17) is 16.3 Å². The summed E-state index contributed by atoms with van der Waals surface area (Å²) in [6.45, 7) is 3.57. The predicted octanol–water partition coefficient (Wildman–Crippen LogP) is 3.86. The fraction of sp³-hybridized carbons (Fsp3) is 0.263. The second kappa shape index (κ2) is 6.65. The monoisotopic (exact) mass is 343 g/mol. The molecule has 0 fully saturated rings. The third kappa shape index (κ3) is 3.02.